The second-order valence-electron chi connectivity index (χ2n) is 3.01. The number of hydrogen-bond donors (Lipinski definition) is 1. The summed E-state index contributed by atoms with van der Waals surface area (Å²) >= 11 is 0. The average molecular weight is 199 g/mol. The van der Waals surface area contributed by atoms with Gasteiger partial charge < -0.3 is 0 Å². The Kier molecular flexibility index (Phi) is 2.38. The summed E-state index contributed by atoms with van der Waals surface area (Å²) in [5.74, 6) is 2.91. The Hall–Kier alpha value is -2.28. The molecule has 15 heavy (non-hydrogen) atoms. The molecule has 2 rings (SSSR count). The monoisotopic (exact) mass is 199 g/mol. The zero-order valence-corrected chi connectivity index (χ0v) is 7.97. The first kappa shape index (κ1) is 9.28. The quantitative estimate of drug-likeness (QED) is 0.730. The average Bonchev–Trinajstić information content (AvgIpc) is 2.63. The van der Waals surface area contributed by atoms with E-state index in [9.17, 15) is 4.79 Å². The van der Waals surface area contributed by atoms with Crippen LogP contribution in [-0.4, -0.2) is 14.8 Å². The van der Waals surface area contributed by atoms with E-state index in [1.807, 2.05) is 30.3 Å². The minimum absolute atomic E-state index is 0.183. The van der Waals surface area contributed by atoms with Crippen LogP contribution in [0.15, 0.2) is 35.1 Å². The van der Waals surface area contributed by atoms with Crippen LogP contribution >= 0.6 is 0 Å². The molecule has 4 nitrogen and oxygen atoms in total. The number of benzene rings is 1. The zero-order valence-electron chi connectivity index (χ0n) is 7.97. The molecule has 2 aromatic rings. The van der Waals surface area contributed by atoms with Gasteiger partial charge in [0.15, 0.2) is 5.82 Å². The molecule has 0 saturated carbocycles. The SMILES string of the molecule is C#CCn1nc(-c2ccccc2)[nH]c1=O. The van der Waals surface area contributed by atoms with E-state index in [4.69, 9.17) is 6.42 Å². The molecule has 0 aliphatic carbocycles. The number of rotatable bonds is 2. The van der Waals surface area contributed by atoms with Gasteiger partial charge in [0.25, 0.3) is 0 Å². The van der Waals surface area contributed by atoms with Crippen molar-refractivity contribution in [1.82, 2.24) is 14.8 Å². The topological polar surface area (TPSA) is 50.7 Å². The van der Waals surface area contributed by atoms with E-state index in [1.54, 1.807) is 0 Å². The van der Waals surface area contributed by atoms with E-state index >= 15 is 0 Å². The normalized spacial score (nSPS) is 9.80. The van der Waals surface area contributed by atoms with Gasteiger partial charge in [0.2, 0.25) is 0 Å². The number of aromatic nitrogens is 3. The summed E-state index contributed by atoms with van der Waals surface area (Å²) in [6.45, 7) is 0.183. The van der Waals surface area contributed by atoms with Gasteiger partial charge in [0.1, 0.15) is 6.54 Å². The van der Waals surface area contributed by atoms with Crippen LogP contribution in [0.25, 0.3) is 11.4 Å². The van der Waals surface area contributed by atoms with Crippen molar-refractivity contribution in [3.63, 3.8) is 0 Å². The molecule has 74 valence electrons. The first-order valence-corrected chi connectivity index (χ1v) is 4.47. The highest BCUT2D eigenvalue weighted by Gasteiger charge is 2.04. The molecule has 0 saturated heterocycles. The number of terminal acetylenes is 1. The summed E-state index contributed by atoms with van der Waals surface area (Å²) in [7, 11) is 0. The van der Waals surface area contributed by atoms with Gasteiger partial charge >= 0.3 is 5.69 Å². The molecule has 1 heterocycles. The van der Waals surface area contributed by atoms with E-state index in [2.05, 4.69) is 16.0 Å². The summed E-state index contributed by atoms with van der Waals surface area (Å²) in [5, 5.41) is 4.08. The van der Waals surface area contributed by atoms with Gasteiger partial charge in [0, 0.05) is 5.56 Å². The molecule has 0 spiro atoms. The summed E-state index contributed by atoms with van der Waals surface area (Å²) in [6, 6.07) is 9.42. The molecule has 0 unspecified atom stereocenters. The highest BCUT2D eigenvalue weighted by Crippen LogP contribution is 2.10. The lowest BCUT2D eigenvalue weighted by atomic mass is 10.2. The van der Waals surface area contributed by atoms with E-state index < -0.39 is 0 Å². The van der Waals surface area contributed by atoms with Gasteiger partial charge in [0.05, 0.1) is 0 Å². The van der Waals surface area contributed by atoms with Gasteiger partial charge in [-0.1, -0.05) is 36.3 Å². The third kappa shape index (κ3) is 1.81. The van der Waals surface area contributed by atoms with Crippen molar-refractivity contribution in [2.24, 2.45) is 0 Å². The van der Waals surface area contributed by atoms with Crippen molar-refractivity contribution >= 4 is 0 Å². The predicted octanol–water partition coefficient (Wildman–Crippen LogP) is 0.872. The third-order valence-corrected chi connectivity index (χ3v) is 1.97. The fraction of sp³-hybridized carbons (Fsp3) is 0.0909. The summed E-state index contributed by atoms with van der Waals surface area (Å²) in [6.07, 6.45) is 5.11. The van der Waals surface area contributed by atoms with Gasteiger partial charge in [-0.05, 0) is 0 Å². The van der Waals surface area contributed by atoms with E-state index in [1.165, 1.54) is 4.68 Å². The fourth-order valence-electron chi connectivity index (χ4n) is 1.28. The predicted molar refractivity (Wildman–Crippen MR) is 57.1 cm³/mol. The van der Waals surface area contributed by atoms with Crippen molar-refractivity contribution in [1.29, 1.82) is 0 Å². The van der Waals surface area contributed by atoms with E-state index in [0.717, 1.165) is 5.56 Å². The van der Waals surface area contributed by atoms with Crippen LogP contribution in [0.2, 0.25) is 0 Å². The van der Waals surface area contributed by atoms with Crippen LogP contribution in [0.1, 0.15) is 0 Å². The molecule has 1 aromatic carbocycles. The van der Waals surface area contributed by atoms with Crippen molar-refractivity contribution in [3.05, 3.63) is 40.8 Å². The van der Waals surface area contributed by atoms with Crippen LogP contribution in [0, 0.1) is 12.3 Å². The second kappa shape index (κ2) is 3.84. The number of nitrogens with one attached hydrogen (secondary N) is 1. The summed E-state index contributed by atoms with van der Waals surface area (Å²) in [5.41, 5.74) is 0.581. The van der Waals surface area contributed by atoms with Gasteiger partial charge in [-0.15, -0.1) is 11.5 Å². The largest absolute Gasteiger partial charge is 0.344 e. The van der Waals surface area contributed by atoms with Gasteiger partial charge in [-0.3, -0.25) is 4.98 Å². The Balaban J connectivity index is 2.44. The molecule has 0 atom stereocenters. The minimum Gasteiger partial charge on any atom is -0.289 e. The Labute approximate surface area is 86.6 Å². The van der Waals surface area contributed by atoms with Crippen LogP contribution < -0.4 is 5.69 Å². The third-order valence-electron chi connectivity index (χ3n) is 1.97. The molecule has 0 amide bonds. The molecule has 0 fully saturated rings. The number of nitrogens with zero attached hydrogens (tertiary/aromatic N) is 2. The van der Waals surface area contributed by atoms with Gasteiger partial charge in [-0.25, -0.2) is 9.48 Å². The Morgan fingerprint density at radius 3 is 2.80 bits per heavy atom. The smallest absolute Gasteiger partial charge is 0.289 e. The Morgan fingerprint density at radius 2 is 2.13 bits per heavy atom. The van der Waals surface area contributed by atoms with Gasteiger partial charge in [-0.2, -0.15) is 0 Å². The molecule has 1 N–H and O–H groups in total. The first-order valence-electron chi connectivity index (χ1n) is 4.47. The molecule has 0 bridgehead atoms. The number of aromatic amines is 1. The van der Waals surface area contributed by atoms with Crippen molar-refractivity contribution in [2.75, 3.05) is 0 Å². The standard InChI is InChI=1S/C11H9N3O/c1-2-8-14-11(15)12-10(13-14)9-6-4-3-5-7-9/h1,3-7H,8H2,(H,12,13,15). The molecule has 1 aromatic heterocycles. The minimum atomic E-state index is -0.285. The maximum absolute atomic E-state index is 11.4. The second-order valence-corrected chi connectivity index (χ2v) is 3.01. The summed E-state index contributed by atoms with van der Waals surface area (Å²) < 4.78 is 1.22. The molecule has 4 heteroatoms. The molecular formula is C11H9N3O. The molecule has 0 aliphatic rings. The lowest BCUT2D eigenvalue weighted by Crippen LogP contribution is -2.17. The fourth-order valence-corrected chi connectivity index (χ4v) is 1.28. The maximum atomic E-state index is 11.4. The highest BCUT2D eigenvalue weighted by atomic mass is 16.1. The number of H-pyrrole nitrogens is 1. The van der Waals surface area contributed by atoms with Crippen LogP contribution in [0.3, 0.4) is 0 Å². The van der Waals surface area contributed by atoms with Crippen LogP contribution in [0.4, 0.5) is 0 Å². The Morgan fingerprint density at radius 1 is 1.40 bits per heavy atom. The van der Waals surface area contributed by atoms with Crippen LogP contribution in [0.5, 0.6) is 0 Å². The first-order chi connectivity index (χ1) is 7.31. The highest BCUT2D eigenvalue weighted by molar-refractivity contribution is 5.53. The van der Waals surface area contributed by atoms with Crippen molar-refractivity contribution in [3.8, 4) is 23.7 Å². The van der Waals surface area contributed by atoms with E-state index in [0.29, 0.717) is 5.82 Å². The molecule has 0 radical (unpaired) electrons. The zero-order chi connectivity index (χ0) is 10.7. The molecular weight excluding hydrogens is 190 g/mol. The lowest BCUT2D eigenvalue weighted by molar-refractivity contribution is 0.687. The van der Waals surface area contributed by atoms with Crippen molar-refractivity contribution < 1.29 is 0 Å². The lowest BCUT2D eigenvalue weighted by Gasteiger charge is -1.93. The van der Waals surface area contributed by atoms with Crippen molar-refractivity contribution in [2.45, 2.75) is 6.54 Å². The number of hydrogen-bond acceptors (Lipinski definition) is 2. The molecule has 0 aliphatic heterocycles. The van der Waals surface area contributed by atoms with E-state index in [-0.39, 0.29) is 12.2 Å². The Bertz CT molecular complexity index is 545. The summed E-state index contributed by atoms with van der Waals surface area (Å²) in [4.78, 5) is 14.0. The maximum Gasteiger partial charge on any atom is 0.344 e. The van der Waals surface area contributed by atoms with Crippen LogP contribution in [-0.2, 0) is 6.54 Å².